The van der Waals surface area contributed by atoms with E-state index in [9.17, 15) is 9.59 Å². The molecule has 1 aliphatic rings. The van der Waals surface area contributed by atoms with Gasteiger partial charge in [0.25, 0.3) is 0 Å². The van der Waals surface area contributed by atoms with E-state index in [0.29, 0.717) is 24.6 Å². The van der Waals surface area contributed by atoms with Crippen LogP contribution in [0.5, 0.6) is 0 Å². The molecule has 19 heavy (non-hydrogen) atoms. The smallest absolute Gasteiger partial charge is 0.307 e. The number of rotatable bonds is 4. The van der Waals surface area contributed by atoms with Gasteiger partial charge in [0.15, 0.2) is 5.82 Å². The van der Waals surface area contributed by atoms with E-state index in [1.165, 1.54) is 0 Å². The van der Waals surface area contributed by atoms with Gasteiger partial charge in [-0.15, -0.1) is 0 Å². The molecular formula is C12H17N3O4. The van der Waals surface area contributed by atoms with Gasteiger partial charge in [0.05, 0.1) is 18.4 Å². The van der Waals surface area contributed by atoms with Crippen LogP contribution in [0, 0.1) is 18.8 Å². The van der Waals surface area contributed by atoms with E-state index in [1.54, 1.807) is 6.92 Å². The van der Waals surface area contributed by atoms with Crippen LogP contribution in [-0.4, -0.2) is 27.1 Å². The minimum Gasteiger partial charge on any atom is -0.481 e. The Morgan fingerprint density at radius 2 is 2.05 bits per heavy atom. The Bertz CT molecular complexity index is 471. The third kappa shape index (κ3) is 3.30. The minimum atomic E-state index is -0.895. The zero-order valence-corrected chi connectivity index (χ0v) is 10.8. The largest absolute Gasteiger partial charge is 0.481 e. The molecule has 1 amide bonds. The number of nitrogens with one attached hydrogen (secondary N) is 1. The van der Waals surface area contributed by atoms with Gasteiger partial charge in [0.2, 0.25) is 11.8 Å². The molecule has 1 saturated carbocycles. The summed E-state index contributed by atoms with van der Waals surface area (Å²) in [5.74, 6) is -1.36. The number of hydrogen-bond acceptors (Lipinski definition) is 5. The quantitative estimate of drug-likeness (QED) is 0.839. The molecule has 0 aromatic carbocycles. The Morgan fingerprint density at radius 1 is 1.37 bits per heavy atom. The molecule has 104 valence electrons. The van der Waals surface area contributed by atoms with E-state index >= 15 is 0 Å². The average molecular weight is 267 g/mol. The third-order valence-corrected chi connectivity index (χ3v) is 3.40. The molecule has 7 nitrogen and oxygen atoms in total. The summed E-state index contributed by atoms with van der Waals surface area (Å²) in [5, 5.41) is 15.4. The molecule has 7 heteroatoms. The molecule has 0 bridgehead atoms. The molecule has 1 aromatic heterocycles. The van der Waals surface area contributed by atoms with Crippen molar-refractivity contribution in [1.82, 2.24) is 15.5 Å². The van der Waals surface area contributed by atoms with E-state index in [2.05, 4.69) is 15.5 Å². The van der Waals surface area contributed by atoms with Gasteiger partial charge in [0, 0.05) is 0 Å². The zero-order valence-electron chi connectivity index (χ0n) is 10.8. The van der Waals surface area contributed by atoms with Crippen LogP contribution in [0.4, 0.5) is 0 Å². The Labute approximate surface area is 110 Å². The fourth-order valence-corrected chi connectivity index (χ4v) is 2.45. The second-order valence-electron chi connectivity index (χ2n) is 4.79. The maximum absolute atomic E-state index is 12.0. The molecule has 1 heterocycles. The number of carboxylic acids is 1. The molecule has 2 rings (SSSR count). The summed E-state index contributed by atoms with van der Waals surface area (Å²) >= 11 is 0. The number of carbonyl (C=O) groups excluding carboxylic acids is 1. The van der Waals surface area contributed by atoms with Crippen LogP contribution in [0.3, 0.4) is 0 Å². The second-order valence-corrected chi connectivity index (χ2v) is 4.79. The molecule has 0 saturated heterocycles. The summed E-state index contributed by atoms with van der Waals surface area (Å²) < 4.78 is 4.88. The first kappa shape index (κ1) is 13.5. The van der Waals surface area contributed by atoms with Crippen molar-refractivity contribution in [3.63, 3.8) is 0 Å². The number of aliphatic carboxylic acids is 1. The predicted octanol–water partition coefficient (Wildman–Crippen LogP) is 0.885. The summed E-state index contributed by atoms with van der Waals surface area (Å²) in [7, 11) is 0. The van der Waals surface area contributed by atoms with Crippen LogP contribution in [-0.2, 0) is 16.1 Å². The summed E-state index contributed by atoms with van der Waals surface area (Å²) in [4.78, 5) is 27.1. The molecule has 2 atom stereocenters. The van der Waals surface area contributed by atoms with Gasteiger partial charge in [-0.3, -0.25) is 9.59 Å². The highest BCUT2D eigenvalue weighted by Crippen LogP contribution is 2.30. The number of carboxylic acid groups (broad SMARTS) is 1. The van der Waals surface area contributed by atoms with Crippen molar-refractivity contribution < 1.29 is 19.2 Å². The fraction of sp³-hybridized carbons (Fsp3) is 0.667. The lowest BCUT2D eigenvalue weighted by Crippen LogP contribution is -2.39. The van der Waals surface area contributed by atoms with Gasteiger partial charge in [-0.05, 0) is 19.8 Å². The molecule has 1 aliphatic carbocycles. The lowest BCUT2D eigenvalue weighted by atomic mass is 9.79. The first-order valence-corrected chi connectivity index (χ1v) is 6.37. The van der Waals surface area contributed by atoms with Crippen molar-refractivity contribution in [1.29, 1.82) is 0 Å². The fourth-order valence-electron chi connectivity index (χ4n) is 2.45. The van der Waals surface area contributed by atoms with Crippen molar-refractivity contribution >= 4 is 11.9 Å². The molecule has 1 fully saturated rings. The summed E-state index contributed by atoms with van der Waals surface area (Å²) in [5.41, 5.74) is 0. The van der Waals surface area contributed by atoms with Gasteiger partial charge in [-0.1, -0.05) is 18.0 Å². The van der Waals surface area contributed by atoms with Crippen LogP contribution in [0.2, 0.25) is 0 Å². The van der Waals surface area contributed by atoms with Gasteiger partial charge >= 0.3 is 5.97 Å². The van der Waals surface area contributed by atoms with Crippen molar-refractivity contribution in [2.45, 2.75) is 39.2 Å². The van der Waals surface area contributed by atoms with Crippen molar-refractivity contribution in [2.24, 2.45) is 11.8 Å². The first-order chi connectivity index (χ1) is 9.08. The average Bonchev–Trinajstić information content (AvgIpc) is 2.81. The SMILES string of the molecule is Cc1noc(CNC(=O)[C@@H]2CCCC[C@@H]2C(=O)O)n1. The number of carbonyl (C=O) groups is 2. The zero-order chi connectivity index (χ0) is 13.8. The van der Waals surface area contributed by atoms with Crippen LogP contribution in [0.15, 0.2) is 4.52 Å². The molecule has 2 N–H and O–H groups in total. The molecule has 0 unspecified atom stereocenters. The number of aromatic nitrogens is 2. The topological polar surface area (TPSA) is 105 Å². The Kier molecular flexibility index (Phi) is 4.13. The van der Waals surface area contributed by atoms with Gasteiger partial charge < -0.3 is 14.9 Å². The molecule has 1 aromatic rings. The maximum atomic E-state index is 12.0. The standard InChI is InChI=1S/C12H17N3O4/c1-7-14-10(19-15-7)6-13-11(16)8-4-2-3-5-9(8)12(17)18/h8-9H,2-6H2,1H3,(H,13,16)(H,17,18)/t8-,9+/m1/s1. The van der Waals surface area contributed by atoms with Gasteiger partial charge in [0.1, 0.15) is 0 Å². The Hall–Kier alpha value is -1.92. The molecule has 0 radical (unpaired) electrons. The lowest BCUT2D eigenvalue weighted by molar-refractivity contribution is -0.149. The van der Waals surface area contributed by atoms with Crippen LogP contribution >= 0.6 is 0 Å². The molecule has 0 spiro atoms. The van der Waals surface area contributed by atoms with E-state index < -0.39 is 17.8 Å². The highest BCUT2D eigenvalue weighted by molar-refractivity contribution is 5.84. The summed E-state index contributed by atoms with van der Waals surface area (Å²) in [6.07, 6.45) is 2.93. The molecule has 0 aliphatic heterocycles. The van der Waals surface area contributed by atoms with Crippen LogP contribution < -0.4 is 5.32 Å². The van der Waals surface area contributed by atoms with Crippen molar-refractivity contribution in [2.75, 3.05) is 0 Å². The van der Waals surface area contributed by atoms with Gasteiger partial charge in [-0.25, -0.2) is 0 Å². The van der Waals surface area contributed by atoms with Crippen molar-refractivity contribution in [3.8, 4) is 0 Å². The Balaban J connectivity index is 1.92. The van der Waals surface area contributed by atoms with Gasteiger partial charge in [-0.2, -0.15) is 4.98 Å². The number of nitrogens with zero attached hydrogens (tertiary/aromatic N) is 2. The number of hydrogen-bond donors (Lipinski definition) is 2. The van der Waals surface area contributed by atoms with Crippen LogP contribution in [0.1, 0.15) is 37.4 Å². The summed E-state index contributed by atoms with van der Waals surface area (Å²) in [6, 6.07) is 0. The van der Waals surface area contributed by atoms with E-state index in [1.807, 2.05) is 0 Å². The highest BCUT2D eigenvalue weighted by atomic mass is 16.5. The van der Waals surface area contributed by atoms with E-state index in [0.717, 1.165) is 12.8 Å². The van der Waals surface area contributed by atoms with E-state index in [-0.39, 0.29) is 12.5 Å². The van der Waals surface area contributed by atoms with Crippen LogP contribution in [0.25, 0.3) is 0 Å². The third-order valence-electron chi connectivity index (χ3n) is 3.40. The molecular weight excluding hydrogens is 250 g/mol. The second kappa shape index (κ2) is 5.81. The van der Waals surface area contributed by atoms with Crippen molar-refractivity contribution in [3.05, 3.63) is 11.7 Å². The Morgan fingerprint density at radius 3 is 2.63 bits per heavy atom. The maximum Gasteiger partial charge on any atom is 0.307 e. The minimum absolute atomic E-state index is 0.141. The lowest BCUT2D eigenvalue weighted by Gasteiger charge is -2.27. The van der Waals surface area contributed by atoms with E-state index in [4.69, 9.17) is 9.63 Å². The number of aryl methyl sites for hydroxylation is 1. The monoisotopic (exact) mass is 267 g/mol. The normalized spacial score (nSPS) is 23.0. The highest BCUT2D eigenvalue weighted by Gasteiger charge is 2.35. The first-order valence-electron chi connectivity index (χ1n) is 6.37. The number of amides is 1. The predicted molar refractivity (Wildman–Crippen MR) is 64.0 cm³/mol. The summed E-state index contributed by atoms with van der Waals surface area (Å²) in [6.45, 7) is 1.83.